The van der Waals surface area contributed by atoms with Crippen molar-refractivity contribution in [3.63, 3.8) is 0 Å². The van der Waals surface area contributed by atoms with Crippen LogP contribution in [0.25, 0.3) is 17.3 Å². The number of nitrogen functional groups attached to an aromatic ring is 1. The molecule has 0 saturated carbocycles. The average Bonchev–Trinajstić information content (AvgIpc) is 2.87. The molecule has 100 valence electrons. The number of rotatable bonds is 1. The Balaban J connectivity index is 0.000000637. The van der Waals surface area contributed by atoms with E-state index in [0.717, 1.165) is 24.1 Å². The number of aromatic amines is 1. The van der Waals surface area contributed by atoms with Crippen molar-refractivity contribution in [1.29, 1.82) is 0 Å². The molecule has 0 saturated heterocycles. The number of anilines is 1. The summed E-state index contributed by atoms with van der Waals surface area (Å²) in [5.74, 6) is 0.466. The Kier molecular flexibility index (Phi) is 4.05. The second-order valence-electron chi connectivity index (χ2n) is 4.59. The number of hydrogen-bond acceptors (Lipinski definition) is 2. The number of allylic oxidation sites excluding steroid dienone is 1. The lowest BCUT2D eigenvalue weighted by Crippen LogP contribution is -1.97. The minimum Gasteiger partial charge on any atom is -0.369 e. The summed E-state index contributed by atoms with van der Waals surface area (Å²) in [5, 5.41) is 0. The van der Waals surface area contributed by atoms with Crippen LogP contribution in [0, 0.1) is 0 Å². The minimum atomic E-state index is 0.466. The Morgan fingerprint density at radius 1 is 1.21 bits per heavy atom. The first-order valence-electron chi connectivity index (χ1n) is 6.83. The van der Waals surface area contributed by atoms with E-state index in [9.17, 15) is 0 Å². The molecule has 0 amide bonds. The molecule has 1 aromatic carbocycles. The molecular weight excluding hydrogens is 234 g/mol. The lowest BCUT2D eigenvalue weighted by atomic mass is 9.91. The van der Waals surface area contributed by atoms with E-state index in [2.05, 4.69) is 41.2 Å². The zero-order chi connectivity index (χ0) is 13.8. The number of aromatic nitrogens is 2. The van der Waals surface area contributed by atoms with E-state index in [1.54, 1.807) is 6.20 Å². The Hall–Kier alpha value is -2.03. The van der Waals surface area contributed by atoms with Crippen molar-refractivity contribution >= 4 is 12.0 Å². The van der Waals surface area contributed by atoms with Crippen molar-refractivity contribution in [3.8, 4) is 11.3 Å². The summed E-state index contributed by atoms with van der Waals surface area (Å²) in [6.45, 7) is 6.19. The Morgan fingerprint density at radius 3 is 2.68 bits per heavy atom. The van der Waals surface area contributed by atoms with E-state index >= 15 is 0 Å². The molecule has 0 atom stereocenters. The van der Waals surface area contributed by atoms with Gasteiger partial charge in [-0.15, -0.1) is 0 Å². The van der Waals surface area contributed by atoms with Crippen molar-refractivity contribution in [2.24, 2.45) is 0 Å². The van der Waals surface area contributed by atoms with Gasteiger partial charge in [0, 0.05) is 0 Å². The predicted octanol–water partition coefficient (Wildman–Crippen LogP) is 4.03. The van der Waals surface area contributed by atoms with E-state index < -0.39 is 0 Å². The second-order valence-corrected chi connectivity index (χ2v) is 4.59. The monoisotopic (exact) mass is 255 g/mol. The van der Waals surface area contributed by atoms with Crippen LogP contribution in [0.15, 0.2) is 30.0 Å². The van der Waals surface area contributed by atoms with Gasteiger partial charge in [-0.25, -0.2) is 4.98 Å². The summed E-state index contributed by atoms with van der Waals surface area (Å²) in [4.78, 5) is 7.09. The van der Waals surface area contributed by atoms with Gasteiger partial charge in [0.05, 0.1) is 11.9 Å². The Morgan fingerprint density at radius 2 is 2.00 bits per heavy atom. The normalized spacial score (nSPS) is 13.1. The Bertz CT molecular complexity index is 594. The third kappa shape index (κ3) is 2.87. The van der Waals surface area contributed by atoms with Crippen molar-refractivity contribution in [3.05, 3.63) is 41.1 Å². The number of nitrogens with two attached hydrogens (primary N) is 1. The third-order valence-corrected chi connectivity index (χ3v) is 3.24. The van der Waals surface area contributed by atoms with Gasteiger partial charge in [0.15, 0.2) is 5.95 Å². The number of fused-ring (bicyclic) bond motifs is 1. The molecule has 1 aliphatic rings. The molecule has 0 fully saturated rings. The van der Waals surface area contributed by atoms with Crippen molar-refractivity contribution in [2.45, 2.75) is 33.6 Å². The fraction of sp³-hybridized carbons (Fsp3) is 0.312. The molecule has 3 heteroatoms. The van der Waals surface area contributed by atoms with E-state index in [0.29, 0.717) is 5.95 Å². The van der Waals surface area contributed by atoms with Gasteiger partial charge in [0.25, 0.3) is 0 Å². The van der Waals surface area contributed by atoms with Crippen LogP contribution in [0.1, 0.15) is 38.3 Å². The van der Waals surface area contributed by atoms with E-state index in [4.69, 9.17) is 5.73 Å². The SMILES string of the molecule is CC.CC1=Cc2ccc(-c3cnc(N)[nH]3)cc2CC1. The van der Waals surface area contributed by atoms with Gasteiger partial charge in [-0.2, -0.15) is 0 Å². The quantitative estimate of drug-likeness (QED) is 0.808. The molecule has 0 bridgehead atoms. The van der Waals surface area contributed by atoms with Gasteiger partial charge in [-0.05, 0) is 42.5 Å². The van der Waals surface area contributed by atoms with Gasteiger partial charge in [-0.3, -0.25) is 0 Å². The van der Waals surface area contributed by atoms with Crippen molar-refractivity contribution in [1.82, 2.24) is 9.97 Å². The first kappa shape index (κ1) is 13.4. The maximum atomic E-state index is 5.60. The second kappa shape index (κ2) is 5.74. The molecule has 3 N–H and O–H groups in total. The molecule has 0 aliphatic heterocycles. The molecule has 0 spiro atoms. The topological polar surface area (TPSA) is 54.7 Å². The van der Waals surface area contributed by atoms with Gasteiger partial charge < -0.3 is 10.7 Å². The maximum absolute atomic E-state index is 5.60. The number of nitrogens with zero attached hydrogens (tertiary/aromatic N) is 1. The van der Waals surface area contributed by atoms with Crippen LogP contribution < -0.4 is 5.73 Å². The highest BCUT2D eigenvalue weighted by atomic mass is 15.0. The zero-order valence-corrected chi connectivity index (χ0v) is 11.8. The molecule has 2 aromatic rings. The molecule has 1 heterocycles. The number of H-pyrrole nitrogens is 1. The van der Waals surface area contributed by atoms with Crippen LogP contribution in [0.5, 0.6) is 0 Å². The lowest BCUT2D eigenvalue weighted by molar-refractivity contribution is 0.928. The van der Waals surface area contributed by atoms with Crippen molar-refractivity contribution < 1.29 is 0 Å². The average molecular weight is 255 g/mol. The standard InChI is InChI=1S/C14H15N3.C2H6/c1-9-2-3-11-7-12(5-4-10(11)6-9)13-8-16-14(15)17-13;1-2/h4-8H,2-3H2,1H3,(H3,15,16,17);1-2H3. The van der Waals surface area contributed by atoms with Crippen LogP contribution in [0.4, 0.5) is 5.95 Å². The first-order valence-corrected chi connectivity index (χ1v) is 6.83. The lowest BCUT2D eigenvalue weighted by Gasteiger charge is -2.14. The largest absolute Gasteiger partial charge is 0.369 e. The zero-order valence-electron chi connectivity index (χ0n) is 11.8. The summed E-state index contributed by atoms with van der Waals surface area (Å²) < 4.78 is 0. The van der Waals surface area contributed by atoms with E-state index in [1.165, 1.54) is 16.7 Å². The fourth-order valence-electron chi connectivity index (χ4n) is 2.28. The molecule has 3 nitrogen and oxygen atoms in total. The number of aryl methyl sites for hydroxylation is 1. The highest BCUT2D eigenvalue weighted by Crippen LogP contribution is 2.28. The summed E-state index contributed by atoms with van der Waals surface area (Å²) >= 11 is 0. The van der Waals surface area contributed by atoms with Gasteiger partial charge in [0.1, 0.15) is 0 Å². The molecule has 0 unspecified atom stereocenters. The maximum Gasteiger partial charge on any atom is 0.197 e. The van der Waals surface area contributed by atoms with Gasteiger partial charge in [-0.1, -0.05) is 37.6 Å². The highest BCUT2D eigenvalue weighted by molar-refractivity contribution is 5.67. The van der Waals surface area contributed by atoms with Gasteiger partial charge >= 0.3 is 0 Å². The fourth-order valence-corrected chi connectivity index (χ4v) is 2.28. The van der Waals surface area contributed by atoms with Crippen LogP contribution in [-0.4, -0.2) is 9.97 Å². The van der Waals surface area contributed by atoms with Crippen LogP contribution in [-0.2, 0) is 6.42 Å². The molecule has 19 heavy (non-hydrogen) atoms. The minimum absolute atomic E-state index is 0.466. The summed E-state index contributed by atoms with van der Waals surface area (Å²) in [5.41, 5.74) is 11.9. The summed E-state index contributed by atoms with van der Waals surface area (Å²) in [6.07, 6.45) is 6.32. The number of nitrogens with one attached hydrogen (secondary N) is 1. The highest BCUT2D eigenvalue weighted by Gasteiger charge is 2.10. The molecular formula is C16H21N3. The molecule has 0 radical (unpaired) electrons. The van der Waals surface area contributed by atoms with Gasteiger partial charge in [0.2, 0.25) is 0 Å². The predicted molar refractivity (Wildman–Crippen MR) is 81.8 cm³/mol. The summed E-state index contributed by atoms with van der Waals surface area (Å²) in [7, 11) is 0. The molecule has 3 rings (SSSR count). The number of hydrogen-bond donors (Lipinski definition) is 2. The van der Waals surface area contributed by atoms with Crippen LogP contribution in [0.2, 0.25) is 0 Å². The van der Waals surface area contributed by atoms with Crippen LogP contribution in [0.3, 0.4) is 0 Å². The van der Waals surface area contributed by atoms with Crippen LogP contribution >= 0.6 is 0 Å². The van der Waals surface area contributed by atoms with Crippen molar-refractivity contribution in [2.75, 3.05) is 5.73 Å². The van der Waals surface area contributed by atoms with E-state index in [-0.39, 0.29) is 0 Å². The third-order valence-electron chi connectivity index (χ3n) is 3.24. The summed E-state index contributed by atoms with van der Waals surface area (Å²) in [6, 6.07) is 6.51. The first-order chi connectivity index (χ1) is 9.22. The number of benzene rings is 1. The Labute approximate surface area is 114 Å². The number of imidazole rings is 1. The van der Waals surface area contributed by atoms with E-state index in [1.807, 2.05) is 13.8 Å². The molecule has 1 aromatic heterocycles. The smallest absolute Gasteiger partial charge is 0.197 e. The molecule has 1 aliphatic carbocycles.